The first kappa shape index (κ1) is 264. The second-order valence-electron chi connectivity index (χ2n) is 0. The Balaban J connectivity index is 0. The number of hydrogen-bond donors (Lipinski definition) is 0. The van der Waals surface area contributed by atoms with Crippen molar-refractivity contribution in [1.82, 2.24) is 0 Å². The molecule has 0 aromatic carbocycles. The third-order valence-electron chi connectivity index (χ3n) is 0. The Hall–Kier alpha value is 2.06. The van der Waals surface area contributed by atoms with Gasteiger partial charge in [-0.05, 0) is 0 Å². The van der Waals surface area contributed by atoms with Crippen molar-refractivity contribution < 1.29 is 99.9 Å². The Labute approximate surface area is 99.2 Å². The van der Waals surface area contributed by atoms with Crippen LogP contribution in [-0.4, -0.2) is 0 Å². The molecular formula is Co2O5Rh2. The van der Waals surface area contributed by atoms with Gasteiger partial charge in [0.2, 0.25) is 0 Å². The third-order valence-corrected chi connectivity index (χ3v) is 0. The molecule has 0 atom stereocenters. The Morgan fingerprint density at radius 3 is 0.333 bits per heavy atom. The van der Waals surface area contributed by atoms with Gasteiger partial charge in [0.15, 0.2) is 0 Å². The maximum Gasteiger partial charge on any atom is 3.00 e. The summed E-state index contributed by atoms with van der Waals surface area (Å²) in [5, 5.41) is 0. The van der Waals surface area contributed by atoms with E-state index in [9.17, 15) is 0 Å². The summed E-state index contributed by atoms with van der Waals surface area (Å²) < 4.78 is 0. The largest absolute Gasteiger partial charge is 3.00 e. The Morgan fingerprint density at radius 1 is 0.333 bits per heavy atom. The molecule has 9 heavy (non-hydrogen) atoms. The normalized spacial score (nSPS) is 0. The van der Waals surface area contributed by atoms with Crippen molar-refractivity contribution in [2.75, 3.05) is 0 Å². The first-order valence-electron chi connectivity index (χ1n) is 0. The predicted octanol–water partition coefficient (Wildman–Crippen LogP) is -0.604. The molecule has 0 aliphatic carbocycles. The van der Waals surface area contributed by atoms with Gasteiger partial charge in [-0.25, -0.2) is 0 Å². The molecule has 0 spiro atoms. The average molecular weight is 404 g/mol. The van der Waals surface area contributed by atoms with Gasteiger partial charge < -0.3 is 27.4 Å². The smallest absolute Gasteiger partial charge is 2.00 e. The topological polar surface area (TPSA) is 142 Å². The summed E-state index contributed by atoms with van der Waals surface area (Å²) in [5.41, 5.74) is 0. The van der Waals surface area contributed by atoms with Crippen LogP contribution in [-0.2, 0) is 99.9 Å². The molecule has 0 N–H and O–H groups in total. The van der Waals surface area contributed by atoms with E-state index < -0.39 is 0 Å². The van der Waals surface area contributed by atoms with Gasteiger partial charge in [0.1, 0.15) is 0 Å². The Kier molecular flexibility index (Phi) is 5700. The van der Waals surface area contributed by atoms with Crippen molar-refractivity contribution in [1.29, 1.82) is 0 Å². The monoisotopic (exact) mass is 404 g/mol. The van der Waals surface area contributed by atoms with Crippen LogP contribution in [0.1, 0.15) is 0 Å². The van der Waals surface area contributed by atoms with Crippen LogP contribution in [0.5, 0.6) is 0 Å². The van der Waals surface area contributed by atoms with Gasteiger partial charge in [-0.3, -0.25) is 0 Å². The Morgan fingerprint density at radius 2 is 0.333 bits per heavy atom. The summed E-state index contributed by atoms with van der Waals surface area (Å²) in [6.45, 7) is 0. The molecule has 0 unspecified atom stereocenters. The molecule has 0 aliphatic heterocycles. The maximum atomic E-state index is 0. The van der Waals surface area contributed by atoms with Crippen LogP contribution in [0.4, 0.5) is 0 Å². The summed E-state index contributed by atoms with van der Waals surface area (Å²) in [4.78, 5) is 0. The van der Waals surface area contributed by atoms with E-state index in [1.807, 2.05) is 0 Å². The summed E-state index contributed by atoms with van der Waals surface area (Å²) in [5.74, 6) is 0. The summed E-state index contributed by atoms with van der Waals surface area (Å²) in [6, 6.07) is 0. The number of rotatable bonds is 0. The van der Waals surface area contributed by atoms with Gasteiger partial charge in [0.25, 0.3) is 0 Å². The van der Waals surface area contributed by atoms with E-state index in [-0.39, 0.29) is 99.9 Å². The molecule has 5 nitrogen and oxygen atoms in total. The van der Waals surface area contributed by atoms with E-state index in [1.54, 1.807) is 0 Å². The van der Waals surface area contributed by atoms with E-state index >= 15 is 0 Å². The van der Waals surface area contributed by atoms with Gasteiger partial charge in [-0.2, -0.15) is 0 Å². The van der Waals surface area contributed by atoms with E-state index in [2.05, 4.69) is 0 Å². The molecular weight excluding hydrogens is 404 g/mol. The van der Waals surface area contributed by atoms with Gasteiger partial charge >= 0.3 is 72.5 Å². The molecule has 0 aromatic rings. The first-order valence-corrected chi connectivity index (χ1v) is 0. The van der Waals surface area contributed by atoms with Crippen LogP contribution in [0.25, 0.3) is 0 Å². The van der Waals surface area contributed by atoms with Crippen molar-refractivity contribution in [3.8, 4) is 0 Å². The van der Waals surface area contributed by atoms with E-state index in [0.29, 0.717) is 0 Å². The second kappa shape index (κ2) is 195. The second-order valence-corrected chi connectivity index (χ2v) is 0. The fourth-order valence-electron chi connectivity index (χ4n) is 0. The minimum absolute atomic E-state index is 0. The van der Waals surface area contributed by atoms with Gasteiger partial charge in [-0.1, -0.05) is 0 Å². The molecule has 0 saturated carbocycles. The zero-order valence-electron chi connectivity index (χ0n) is 3.37. The number of hydrogen-bond acceptors (Lipinski definition) is 0. The molecule has 0 saturated heterocycles. The van der Waals surface area contributed by atoms with Crippen LogP contribution in [0.2, 0.25) is 0 Å². The third kappa shape index (κ3) is 154. The molecule has 0 bridgehead atoms. The van der Waals surface area contributed by atoms with Gasteiger partial charge in [-0.15, -0.1) is 0 Å². The molecule has 0 aromatic heterocycles. The van der Waals surface area contributed by atoms with Gasteiger partial charge in [0, 0.05) is 0 Å². The molecule has 66 valence electrons. The molecule has 2 radical (unpaired) electrons. The molecule has 0 heterocycles. The summed E-state index contributed by atoms with van der Waals surface area (Å²) in [7, 11) is 0. The van der Waals surface area contributed by atoms with Crippen LogP contribution >= 0.6 is 0 Å². The molecule has 0 amide bonds. The van der Waals surface area contributed by atoms with E-state index in [0.717, 1.165) is 0 Å². The zero-order chi connectivity index (χ0) is 0. The van der Waals surface area contributed by atoms with E-state index in [1.165, 1.54) is 0 Å². The molecule has 9 heteroatoms. The summed E-state index contributed by atoms with van der Waals surface area (Å²) >= 11 is 0. The van der Waals surface area contributed by atoms with Crippen molar-refractivity contribution >= 4 is 0 Å². The minimum atomic E-state index is 0. The predicted molar refractivity (Wildman–Crippen MR) is 3.43 cm³/mol. The quantitative estimate of drug-likeness (QED) is 0.476. The molecule has 0 fully saturated rings. The summed E-state index contributed by atoms with van der Waals surface area (Å²) in [6.07, 6.45) is 0. The van der Waals surface area contributed by atoms with E-state index in [4.69, 9.17) is 0 Å². The maximum absolute atomic E-state index is 0. The van der Waals surface area contributed by atoms with Crippen molar-refractivity contribution in [2.45, 2.75) is 0 Å². The average Bonchev–Trinajstić information content (AvgIpc) is 0. The molecule has 0 rings (SSSR count). The van der Waals surface area contributed by atoms with Crippen molar-refractivity contribution in [2.24, 2.45) is 0 Å². The SMILES string of the molecule is [Co+2].[Co+2].[O-2].[O-2].[O-2].[O-2].[O-2].[Rh+3].[Rh+3]. The van der Waals surface area contributed by atoms with Gasteiger partial charge in [0.05, 0.1) is 0 Å². The Bertz CT molecular complexity index is 12.9. The van der Waals surface area contributed by atoms with Crippen molar-refractivity contribution in [3.05, 3.63) is 0 Å². The first-order chi connectivity index (χ1) is 0. The fourth-order valence-corrected chi connectivity index (χ4v) is 0. The zero-order valence-corrected chi connectivity index (χ0v) is 8.73. The van der Waals surface area contributed by atoms with Crippen LogP contribution in [0, 0.1) is 0 Å². The van der Waals surface area contributed by atoms with Crippen LogP contribution in [0.15, 0.2) is 0 Å². The standard InChI is InChI=1S/2Co.5O.2Rh/q2*+2;5*-2;2*+3. The van der Waals surface area contributed by atoms with Crippen LogP contribution in [0.3, 0.4) is 0 Å². The fraction of sp³-hybridized carbons (Fsp3) is 0. The van der Waals surface area contributed by atoms with Crippen LogP contribution < -0.4 is 0 Å². The molecule has 0 aliphatic rings. The van der Waals surface area contributed by atoms with Crippen molar-refractivity contribution in [3.63, 3.8) is 0 Å². The minimum Gasteiger partial charge on any atom is -2.00 e.